The van der Waals surface area contributed by atoms with Crippen molar-refractivity contribution in [1.82, 2.24) is 10.2 Å². The molecule has 0 aromatic rings. The van der Waals surface area contributed by atoms with Gasteiger partial charge in [-0.1, -0.05) is 27.7 Å². The summed E-state index contributed by atoms with van der Waals surface area (Å²) < 4.78 is 0. The van der Waals surface area contributed by atoms with Gasteiger partial charge in [-0.05, 0) is 24.7 Å². The summed E-state index contributed by atoms with van der Waals surface area (Å²) in [6.45, 7) is 14.2. The number of hydrogen-bond donors (Lipinski definition) is 1. The first-order chi connectivity index (χ1) is 7.09. The van der Waals surface area contributed by atoms with E-state index < -0.39 is 0 Å². The van der Waals surface area contributed by atoms with E-state index in [0.717, 1.165) is 17.9 Å². The van der Waals surface area contributed by atoms with E-state index in [4.69, 9.17) is 0 Å². The van der Waals surface area contributed by atoms with Crippen molar-refractivity contribution >= 4 is 0 Å². The fourth-order valence-electron chi connectivity index (χ4n) is 2.53. The van der Waals surface area contributed by atoms with Crippen molar-refractivity contribution in [2.75, 3.05) is 26.2 Å². The monoisotopic (exact) mass is 212 g/mol. The van der Waals surface area contributed by atoms with Gasteiger partial charge in [0.15, 0.2) is 0 Å². The first-order valence-electron chi connectivity index (χ1n) is 6.54. The van der Waals surface area contributed by atoms with Crippen molar-refractivity contribution in [3.05, 3.63) is 0 Å². The van der Waals surface area contributed by atoms with Crippen LogP contribution in [0.15, 0.2) is 0 Å². The van der Waals surface area contributed by atoms with Crippen molar-refractivity contribution < 1.29 is 0 Å². The van der Waals surface area contributed by atoms with Gasteiger partial charge in [-0.15, -0.1) is 0 Å². The maximum Gasteiger partial charge on any atom is 0.0110 e. The quantitative estimate of drug-likeness (QED) is 0.752. The molecule has 15 heavy (non-hydrogen) atoms. The molecule has 0 atom stereocenters. The second kappa shape index (κ2) is 6.49. The van der Waals surface area contributed by atoms with Gasteiger partial charge >= 0.3 is 0 Å². The topological polar surface area (TPSA) is 15.3 Å². The highest BCUT2D eigenvalue weighted by molar-refractivity contribution is 4.78. The zero-order valence-electron chi connectivity index (χ0n) is 10.9. The minimum atomic E-state index is 0.812. The summed E-state index contributed by atoms with van der Waals surface area (Å²) in [4.78, 5) is 2.69. The Hall–Kier alpha value is -0.0800. The van der Waals surface area contributed by atoms with Crippen LogP contribution in [-0.2, 0) is 0 Å². The molecule has 1 saturated heterocycles. The molecule has 0 bridgehead atoms. The maximum absolute atomic E-state index is 3.43. The molecule has 90 valence electrons. The van der Waals surface area contributed by atoms with E-state index in [2.05, 4.69) is 37.9 Å². The molecule has 0 amide bonds. The number of hydrogen-bond acceptors (Lipinski definition) is 2. The Labute approximate surface area is 95.4 Å². The van der Waals surface area contributed by atoms with Crippen molar-refractivity contribution in [3.8, 4) is 0 Å². The maximum atomic E-state index is 3.43. The smallest absolute Gasteiger partial charge is 0.0110 e. The van der Waals surface area contributed by atoms with Crippen molar-refractivity contribution in [2.45, 2.75) is 46.6 Å². The summed E-state index contributed by atoms with van der Waals surface area (Å²) in [5, 5.41) is 3.43. The molecule has 0 saturated carbocycles. The lowest BCUT2D eigenvalue weighted by Gasteiger charge is -2.36. The molecule has 0 radical (unpaired) electrons. The fraction of sp³-hybridized carbons (Fsp3) is 1.00. The first-order valence-corrected chi connectivity index (χ1v) is 6.54. The number of rotatable bonds is 5. The molecular weight excluding hydrogens is 184 g/mol. The normalized spacial score (nSPS) is 19.4. The summed E-state index contributed by atoms with van der Waals surface area (Å²) >= 11 is 0. The molecule has 1 heterocycles. The summed E-state index contributed by atoms with van der Waals surface area (Å²) in [7, 11) is 0. The SMILES string of the molecule is CC(C)CC(CC(C)C)N1CCNCC1. The first kappa shape index (κ1) is 13.0. The van der Waals surface area contributed by atoms with Crippen molar-refractivity contribution in [3.63, 3.8) is 0 Å². The molecule has 1 aliphatic heterocycles. The highest BCUT2D eigenvalue weighted by Gasteiger charge is 2.21. The van der Waals surface area contributed by atoms with E-state index in [9.17, 15) is 0 Å². The largest absolute Gasteiger partial charge is 0.314 e. The van der Waals surface area contributed by atoms with Gasteiger partial charge in [0.25, 0.3) is 0 Å². The van der Waals surface area contributed by atoms with Crippen LogP contribution in [0.2, 0.25) is 0 Å². The summed E-state index contributed by atoms with van der Waals surface area (Å²) in [6, 6.07) is 0.812. The molecule has 0 aromatic heterocycles. The molecule has 1 aliphatic rings. The number of nitrogens with zero attached hydrogens (tertiary/aromatic N) is 1. The molecule has 0 aliphatic carbocycles. The fourth-order valence-corrected chi connectivity index (χ4v) is 2.53. The summed E-state index contributed by atoms with van der Waals surface area (Å²) in [5.41, 5.74) is 0. The van der Waals surface area contributed by atoms with Crippen LogP contribution in [0.3, 0.4) is 0 Å². The van der Waals surface area contributed by atoms with Crippen LogP contribution >= 0.6 is 0 Å². The molecule has 1 rings (SSSR count). The van der Waals surface area contributed by atoms with Crippen LogP contribution in [0, 0.1) is 11.8 Å². The zero-order valence-corrected chi connectivity index (χ0v) is 10.9. The predicted octanol–water partition coefficient (Wildman–Crippen LogP) is 2.35. The van der Waals surface area contributed by atoms with E-state index in [1.807, 2.05) is 0 Å². The molecule has 0 spiro atoms. The molecule has 1 fully saturated rings. The van der Waals surface area contributed by atoms with E-state index in [1.165, 1.54) is 39.0 Å². The number of nitrogens with one attached hydrogen (secondary N) is 1. The predicted molar refractivity (Wildman–Crippen MR) is 67.1 cm³/mol. The van der Waals surface area contributed by atoms with Crippen LogP contribution in [0.1, 0.15) is 40.5 Å². The highest BCUT2D eigenvalue weighted by atomic mass is 15.2. The van der Waals surface area contributed by atoms with E-state index in [-0.39, 0.29) is 0 Å². The van der Waals surface area contributed by atoms with Crippen molar-refractivity contribution in [1.29, 1.82) is 0 Å². The average molecular weight is 212 g/mol. The lowest BCUT2D eigenvalue weighted by Crippen LogP contribution is -2.49. The molecule has 0 aromatic carbocycles. The third-order valence-corrected chi connectivity index (χ3v) is 3.15. The third-order valence-electron chi connectivity index (χ3n) is 3.15. The lowest BCUT2D eigenvalue weighted by atomic mass is 9.94. The number of piperazine rings is 1. The lowest BCUT2D eigenvalue weighted by molar-refractivity contribution is 0.135. The minimum Gasteiger partial charge on any atom is -0.314 e. The van der Waals surface area contributed by atoms with Crippen LogP contribution in [0.25, 0.3) is 0 Å². The average Bonchev–Trinajstić information content (AvgIpc) is 2.17. The molecule has 2 heteroatoms. The Bertz CT molecular complexity index is 150. The summed E-state index contributed by atoms with van der Waals surface area (Å²) in [6.07, 6.45) is 2.72. The van der Waals surface area contributed by atoms with Crippen LogP contribution in [0.5, 0.6) is 0 Å². The zero-order chi connectivity index (χ0) is 11.3. The molecular formula is C13H28N2. The van der Waals surface area contributed by atoms with Crippen LogP contribution in [0.4, 0.5) is 0 Å². The van der Waals surface area contributed by atoms with Gasteiger partial charge in [0, 0.05) is 32.2 Å². The van der Waals surface area contributed by atoms with Gasteiger partial charge in [-0.25, -0.2) is 0 Å². The second-order valence-corrected chi connectivity index (χ2v) is 5.70. The third kappa shape index (κ3) is 4.98. The van der Waals surface area contributed by atoms with Gasteiger partial charge in [0.05, 0.1) is 0 Å². The summed E-state index contributed by atoms with van der Waals surface area (Å²) in [5.74, 6) is 1.65. The van der Waals surface area contributed by atoms with E-state index in [0.29, 0.717) is 0 Å². The van der Waals surface area contributed by atoms with Crippen LogP contribution < -0.4 is 5.32 Å². The van der Waals surface area contributed by atoms with Crippen molar-refractivity contribution in [2.24, 2.45) is 11.8 Å². The van der Waals surface area contributed by atoms with Gasteiger partial charge in [0.1, 0.15) is 0 Å². The minimum absolute atomic E-state index is 0.812. The Morgan fingerprint density at radius 1 is 0.933 bits per heavy atom. The molecule has 0 unspecified atom stereocenters. The Morgan fingerprint density at radius 2 is 1.40 bits per heavy atom. The van der Waals surface area contributed by atoms with Gasteiger partial charge < -0.3 is 5.32 Å². The Balaban J connectivity index is 2.45. The van der Waals surface area contributed by atoms with Crippen LogP contribution in [-0.4, -0.2) is 37.1 Å². The second-order valence-electron chi connectivity index (χ2n) is 5.70. The van der Waals surface area contributed by atoms with E-state index >= 15 is 0 Å². The molecule has 1 N–H and O–H groups in total. The van der Waals surface area contributed by atoms with E-state index in [1.54, 1.807) is 0 Å². The highest BCUT2D eigenvalue weighted by Crippen LogP contribution is 2.19. The Morgan fingerprint density at radius 3 is 1.80 bits per heavy atom. The standard InChI is InChI=1S/C13H28N2/c1-11(2)9-13(10-12(3)4)15-7-5-14-6-8-15/h11-14H,5-10H2,1-4H3. The molecule has 2 nitrogen and oxygen atoms in total. The van der Waals surface area contributed by atoms with Gasteiger partial charge in [-0.3, -0.25) is 4.90 Å². The Kier molecular flexibility index (Phi) is 5.62. The van der Waals surface area contributed by atoms with Gasteiger partial charge in [-0.2, -0.15) is 0 Å². The van der Waals surface area contributed by atoms with Gasteiger partial charge in [0.2, 0.25) is 0 Å².